The lowest BCUT2D eigenvalue weighted by molar-refractivity contribution is -0.139. The number of hydrogen-bond acceptors (Lipinski definition) is 2. The highest BCUT2D eigenvalue weighted by atomic mass is 79.9. The van der Waals surface area contributed by atoms with Crippen LogP contribution in [-0.2, 0) is 9.53 Å². The van der Waals surface area contributed by atoms with Crippen molar-refractivity contribution in [2.75, 3.05) is 6.61 Å². The van der Waals surface area contributed by atoms with E-state index in [1.54, 1.807) is 0 Å². The van der Waals surface area contributed by atoms with Gasteiger partial charge in [0.05, 0.1) is 0 Å². The molecule has 0 atom stereocenters. The molecule has 3 heteroatoms. The van der Waals surface area contributed by atoms with E-state index in [-0.39, 0.29) is 12.6 Å². The third-order valence-electron chi connectivity index (χ3n) is 1.54. The predicted molar refractivity (Wildman–Crippen MR) is 60.0 cm³/mol. The molecule has 0 saturated heterocycles. The molecule has 2 nitrogen and oxygen atoms in total. The topological polar surface area (TPSA) is 26.3 Å². The maximum absolute atomic E-state index is 10.5. The van der Waals surface area contributed by atoms with Crippen LogP contribution in [0.5, 0.6) is 0 Å². The van der Waals surface area contributed by atoms with Crippen molar-refractivity contribution in [2.24, 2.45) is 0 Å². The van der Waals surface area contributed by atoms with Crippen molar-refractivity contribution in [1.82, 2.24) is 0 Å². The zero-order chi connectivity index (χ0) is 10.4. The summed E-state index contributed by atoms with van der Waals surface area (Å²) in [4.78, 5) is 10.5. The molecule has 0 heterocycles. The Kier molecular flexibility index (Phi) is 4.40. The Balaban J connectivity index is 2.56. The first-order chi connectivity index (χ1) is 6.68. The average molecular weight is 255 g/mol. The third-order valence-corrected chi connectivity index (χ3v) is 1.99. The lowest BCUT2D eigenvalue weighted by Crippen LogP contribution is -1.99. The summed E-state index contributed by atoms with van der Waals surface area (Å²) in [6.07, 6.45) is 1.92. The van der Waals surface area contributed by atoms with Gasteiger partial charge in [-0.25, -0.2) is 0 Å². The second kappa shape index (κ2) is 5.60. The molecule has 0 unspecified atom stereocenters. The fourth-order valence-electron chi connectivity index (χ4n) is 0.942. The van der Waals surface area contributed by atoms with Crippen molar-refractivity contribution in [1.29, 1.82) is 0 Å². The summed E-state index contributed by atoms with van der Waals surface area (Å²) >= 11 is 3.33. The Morgan fingerprint density at radius 1 is 1.43 bits per heavy atom. The molecular formula is C11H11BrO2. The van der Waals surface area contributed by atoms with Crippen LogP contribution >= 0.6 is 15.9 Å². The molecule has 1 aromatic carbocycles. The van der Waals surface area contributed by atoms with E-state index in [4.69, 9.17) is 4.74 Å². The zero-order valence-electron chi connectivity index (χ0n) is 7.87. The van der Waals surface area contributed by atoms with Gasteiger partial charge in [-0.3, -0.25) is 4.79 Å². The fraction of sp³-hybridized carbons (Fsp3) is 0.182. The van der Waals surface area contributed by atoms with E-state index < -0.39 is 0 Å². The van der Waals surface area contributed by atoms with Gasteiger partial charge in [-0.2, -0.15) is 0 Å². The lowest BCUT2D eigenvalue weighted by atomic mass is 10.2. The van der Waals surface area contributed by atoms with Crippen LogP contribution in [0.4, 0.5) is 0 Å². The minimum atomic E-state index is -0.275. The first-order valence-corrected chi connectivity index (χ1v) is 5.02. The maximum Gasteiger partial charge on any atom is 0.302 e. The summed E-state index contributed by atoms with van der Waals surface area (Å²) in [6.45, 7) is 1.67. The highest BCUT2D eigenvalue weighted by Gasteiger charge is 1.96. The molecule has 0 aromatic heterocycles. The summed E-state index contributed by atoms with van der Waals surface area (Å²) in [7, 11) is 0. The van der Waals surface area contributed by atoms with Crippen molar-refractivity contribution in [3.8, 4) is 0 Å². The van der Waals surface area contributed by atoms with E-state index in [1.807, 2.05) is 36.4 Å². The molecule has 0 saturated carbocycles. The van der Waals surface area contributed by atoms with Crippen LogP contribution in [0.2, 0.25) is 0 Å². The average Bonchev–Trinajstić information content (AvgIpc) is 2.16. The van der Waals surface area contributed by atoms with Crippen molar-refractivity contribution >= 4 is 28.0 Å². The van der Waals surface area contributed by atoms with E-state index in [9.17, 15) is 4.79 Å². The van der Waals surface area contributed by atoms with Crippen molar-refractivity contribution in [2.45, 2.75) is 6.92 Å². The fourth-order valence-corrected chi connectivity index (χ4v) is 1.32. The van der Waals surface area contributed by atoms with E-state index in [0.29, 0.717) is 0 Å². The number of ether oxygens (including phenoxy) is 1. The van der Waals surface area contributed by atoms with Gasteiger partial charge in [0, 0.05) is 11.4 Å². The first kappa shape index (κ1) is 11.0. The lowest BCUT2D eigenvalue weighted by Gasteiger charge is -2.00. The molecule has 0 aliphatic heterocycles. The second-order valence-corrected chi connectivity index (χ2v) is 3.80. The Hall–Kier alpha value is -1.09. The summed E-state index contributed by atoms with van der Waals surface area (Å²) in [5, 5.41) is 0. The standard InChI is InChI=1S/C11H11BrO2/c1-9(13)14-8-11(12)7-10-5-3-2-4-6-10/h2-7H,8H2,1H3/b11-7+. The van der Waals surface area contributed by atoms with Gasteiger partial charge in [-0.1, -0.05) is 46.3 Å². The van der Waals surface area contributed by atoms with Crippen LogP contribution in [0.15, 0.2) is 34.8 Å². The smallest absolute Gasteiger partial charge is 0.302 e. The van der Waals surface area contributed by atoms with Gasteiger partial charge in [0.2, 0.25) is 0 Å². The highest BCUT2D eigenvalue weighted by molar-refractivity contribution is 9.11. The van der Waals surface area contributed by atoms with Gasteiger partial charge in [0.25, 0.3) is 0 Å². The van der Waals surface area contributed by atoms with Crippen molar-refractivity contribution in [3.05, 3.63) is 40.4 Å². The number of esters is 1. The quantitative estimate of drug-likeness (QED) is 0.776. The summed E-state index contributed by atoms with van der Waals surface area (Å²) < 4.78 is 5.67. The molecule has 0 fully saturated rings. The van der Waals surface area contributed by atoms with Crippen LogP contribution in [0.1, 0.15) is 12.5 Å². The molecule has 0 bridgehead atoms. The number of benzene rings is 1. The molecule has 0 radical (unpaired) electrons. The van der Waals surface area contributed by atoms with Gasteiger partial charge in [0.15, 0.2) is 0 Å². The van der Waals surface area contributed by atoms with E-state index in [0.717, 1.165) is 10.0 Å². The number of carbonyl (C=O) groups is 1. The van der Waals surface area contributed by atoms with Crippen LogP contribution in [-0.4, -0.2) is 12.6 Å². The van der Waals surface area contributed by atoms with Gasteiger partial charge < -0.3 is 4.74 Å². The molecule has 0 aliphatic rings. The highest BCUT2D eigenvalue weighted by Crippen LogP contribution is 2.12. The zero-order valence-corrected chi connectivity index (χ0v) is 9.45. The number of hydrogen-bond donors (Lipinski definition) is 0. The summed E-state index contributed by atoms with van der Waals surface area (Å²) in [5.74, 6) is -0.275. The van der Waals surface area contributed by atoms with Crippen LogP contribution < -0.4 is 0 Å². The van der Waals surface area contributed by atoms with Crippen molar-refractivity contribution in [3.63, 3.8) is 0 Å². The number of carbonyl (C=O) groups excluding carboxylic acids is 1. The normalized spacial score (nSPS) is 11.1. The Morgan fingerprint density at radius 3 is 2.64 bits per heavy atom. The van der Waals surface area contributed by atoms with E-state index in [1.165, 1.54) is 6.92 Å². The summed E-state index contributed by atoms with van der Waals surface area (Å²) in [5.41, 5.74) is 1.08. The van der Waals surface area contributed by atoms with Crippen LogP contribution in [0, 0.1) is 0 Å². The predicted octanol–water partition coefficient (Wildman–Crippen LogP) is 2.99. The molecule has 0 aliphatic carbocycles. The maximum atomic E-state index is 10.5. The molecule has 14 heavy (non-hydrogen) atoms. The molecule has 0 amide bonds. The number of rotatable bonds is 3. The molecule has 0 spiro atoms. The third kappa shape index (κ3) is 4.23. The SMILES string of the molecule is CC(=O)OC/C(Br)=C\c1ccccc1. The van der Waals surface area contributed by atoms with Crippen molar-refractivity contribution < 1.29 is 9.53 Å². The van der Waals surface area contributed by atoms with E-state index >= 15 is 0 Å². The van der Waals surface area contributed by atoms with Crippen LogP contribution in [0.25, 0.3) is 6.08 Å². The van der Waals surface area contributed by atoms with Gasteiger partial charge in [0.1, 0.15) is 6.61 Å². The van der Waals surface area contributed by atoms with Gasteiger partial charge in [-0.15, -0.1) is 0 Å². The minimum absolute atomic E-state index is 0.275. The minimum Gasteiger partial charge on any atom is -0.460 e. The van der Waals surface area contributed by atoms with E-state index in [2.05, 4.69) is 15.9 Å². The molecule has 74 valence electrons. The molecule has 0 N–H and O–H groups in total. The van der Waals surface area contributed by atoms with Gasteiger partial charge >= 0.3 is 5.97 Å². The Bertz CT molecular complexity index is 330. The van der Waals surface area contributed by atoms with Crippen LogP contribution in [0.3, 0.4) is 0 Å². The Labute approximate surface area is 91.7 Å². The first-order valence-electron chi connectivity index (χ1n) is 4.23. The number of halogens is 1. The Morgan fingerprint density at radius 2 is 2.07 bits per heavy atom. The monoisotopic (exact) mass is 254 g/mol. The molecule has 1 aromatic rings. The molecule has 1 rings (SSSR count). The second-order valence-electron chi connectivity index (χ2n) is 2.78. The molecular weight excluding hydrogens is 244 g/mol. The summed E-state index contributed by atoms with van der Waals surface area (Å²) in [6, 6.07) is 9.83. The van der Waals surface area contributed by atoms with Gasteiger partial charge in [-0.05, 0) is 11.6 Å². The largest absolute Gasteiger partial charge is 0.460 e.